The highest BCUT2D eigenvalue weighted by Crippen LogP contribution is 2.24. The molecule has 0 aliphatic carbocycles. The molecular formula is C17H18ClN5O4. The minimum absolute atomic E-state index is 0.0588. The van der Waals surface area contributed by atoms with Crippen molar-refractivity contribution in [3.05, 3.63) is 50.4 Å². The highest BCUT2D eigenvalue weighted by Gasteiger charge is 2.20. The molecule has 0 aliphatic heterocycles. The highest BCUT2D eigenvalue weighted by molar-refractivity contribution is 6.29. The number of hydrogen-bond acceptors (Lipinski definition) is 5. The molecule has 0 atom stereocenters. The number of fused-ring (bicyclic) bond motifs is 1. The molecule has 0 saturated carbocycles. The summed E-state index contributed by atoms with van der Waals surface area (Å²) in [7, 11) is 2.84. The van der Waals surface area contributed by atoms with Gasteiger partial charge in [-0.2, -0.15) is 4.98 Å². The molecule has 0 unspecified atom stereocenters. The van der Waals surface area contributed by atoms with Crippen LogP contribution in [0.25, 0.3) is 11.2 Å². The van der Waals surface area contributed by atoms with Crippen molar-refractivity contribution in [2.24, 2.45) is 14.1 Å². The van der Waals surface area contributed by atoms with E-state index in [9.17, 15) is 14.4 Å². The van der Waals surface area contributed by atoms with E-state index in [0.717, 1.165) is 4.57 Å². The van der Waals surface area contributed by atoms with Gasteiger partial charge in [-0.3, -0.25) is 23.3 Å². The summed E-state index contributed by atoms with van der Waals surface area (Å²) in [6.07, 6.45) is 0. The molecule has 2 heterocycles. The maximum atomic E-state index is 12.5. The number of anilines is 1. The van der Waals surface area contributed by atoms with Gasteiger partial charge in [0.1, 0.15) is 12.3 Å². The summed E-state index contributed by atoms with van der Waals surface area (Å²) in [5.41, 5.74) is -0.391. The molecule has 1 amide bonds. The van der Waals surface area contributed by atoms with Crippen molar-refractivity contribution in [2.75, 3.05) is 11.9 Å². The number of imidazole rings is 1. The van der Waals surface area contributed by atoms with Crippen molar-refractivity contribution in [3.63, 3.8) is 0 Å². The summed E-state index contributed by atoms with van der Waals surface area (Å²) >= 11 is 6.13. The Morgan fingerprint density at radius 2 is 1.93 bits per heavy atom. The van der Waals surface area contributed by atoms with Gasteiger partial charge < -0.3 is 10.1 Å². The van der Waals surface area contributed by atoms with Gasteiger partial charge in [-0.15, -0.1) is 0 Å². The van der Waals surface area contributed by atoms with E-state index in [1.807, 2.05) is 6.92 Å². The third-order valence-corrected chi connectivity index (χ3v) is 4.35. The standard InChI is InChI=1S/C17H18ClN5O4/c1-4-27-11-8-6-5-7-10(11)19-12(24)9-23-13-14(20-16(23)18)21(2)17(26)22(3)15(13)25/h5-8H,4,9H2,1-3H3,(H,19,24). The first-order chi connectivity index (χ1) is 12.8. The van der Waals surface area contributed by atoms with Crippen molar-refractivity contribution >= 4 is 34.4 Å². The van der Waals surface area contributed by atoms with E-state index >= 15 is 0 Å². The number of aryl methyl sites for hydroxylation is 1. The lowest BCUT2D eigenvalue weighted by molar-refractivity contribution is -0.116. The summed E-state index contributed by atoms with van der Waals surface area (Å²) < 4.78 is 8.91. The van der Waals surface area contributed by atoms with Crippen molar-refractivity contribution < 1.29 is 9.53 Å². The maximum Gasteiger partial charge on any atom is 0.332 e. The monoisotopic (exact) mass is 391 g/mol. The lowest BCUT2D eigenvalue weighted by atomic mass is 10.3. The molecule has 0 spiro atoms. The highest BCUT2D eigenvalue weighted by atomic mass is 35.5. The van der Waals surface area contributed by atoms with Gasteiger partial charge in [-0.1, -0.05) is 12.1 Å². The molecule has 0 fully saturated rings. The van der Waals surface area contributed by atoms with Crippen molar-refractivity contribution in [1.82, 2.24) is 18.7 Å². The molecule has 0 radical (unpaired) electrons. The molecule has 3 rings (SSSR count). The van der Waals surface area contributed by atoms with Crippen molar-refractivity contribution in [2.45, 2.75) is 13.5 Å². The molecule has 142 valence electrons. The van der Waals surface area contributed by atoms with E-state index in [2.05, 4.69) is 10.3 Å². The summed E-state index contributed by atoms with van der Waals surface area (Å²) in [5, 5.41) is 2.68. The quantitative estimate of drug-likeness (QED) is 0.657. The fourth-order valence-corrected chi connectivity index (χ4v) is 2.97. The Labute approximate surface area is 158 Å². The van der Waals surface area contributed by atoms with Crippen LogP contribution in [0.3, 0.4) is 0 Å². The molecule has 3 aromatic rings. The van der Waals surface area contributed by atoms with Gasteiger partial charge in [0.05, 0.1) is 12.3 Å². The maximum absolute atomic E-state index is 12.5. The third kappa shape index (κ3) is 3.33. The number of carbonyl (C=O) groups excluding carboxylic acids is 1. The Kier molecular flexibility index (Phi) is 5.04. The first kappa shape index (κ1) is 18.7. The molecular weight excluding hydrogens is 374 g/mol. The summed E-state index contributed by atoms with van der Waals surface area (Å²) in [5.74, 6) is 0.118. The smallest absolute Gasteiger partial charge is 0.332 e. The van der Waals surface area contributed by atoms with E-state index in [1.165, 1.54) is 23.2 Å². The lowest BCUT2D eigenvalue weighted by Gasteiger charge is -2.12. The van der Waals surface area contributed by atoms with Crippen LogP contribution in [0.4, 0.5) is 5.69 Å². The Hall–Kier alpha value is -3.07. The number of nitrogens with zero attached hydrogens (tertiary/aromatic N) is 4. The summed E-state index contributed by atoms with van der Waals surface area (Å²) in [6, 6.07) is 7.01. The molecule has 10 heteroatoms. The molecule has 0 saturated heterocycles. The normalized spacial score (nSPS) is 11.0. The number of carbonyl (C=O) groups is 1. The van der Waals surface area contributed by atoms with Crippen LogP contribution in [0, 0.1) is 0 Å². The van der Waals surface area contributed by atoms with Gasteiger partial charge in [0.25, 0.3) is 5.56 Å². The third-order valence-electron chi connectivity index (χ3n) is 4.06. The van der Waals surface area contributed by atoms with Gasteiger partial charge in [-0.25, -0.2) is 4.79 Å². The predicted octanol–water partition coefficient (Wildman–Crippen LogP) is 1.12. The number of nitrogens with one attached hydrogen (secondary N) is 1. The van der Waals surface area contributed by atoms with Crippen LogP contribution >= 0.6 is 11.6 Å². The van der Waals surface area contributed by atoms with Crippen LogP contribution in [0.2, 0.25) is 5.28 Å². The van der Waals surface area contributed by atoms with E-state index in [-0.39, 0.29) is 23.0 Å². The molecule has 1 aromatic carbocycles. The zero-order valence-corrected chi connectivity index (χ0v) is 15.8. The summed E-state index contributed by atoms with van der Waals surface area (Å²) in [4.78, 5) is 41.1. The van der Waals surface area contributed by atoms with Crippen LogP contribution in [0.15, 0.2) is 33.9 Å². The number of hydrogen-bond donors (Lipinski definition) is 1. The van der Waals surface area contributed by atoms with Crippen LogP contribution in [0.5, 0.6) is 5.75 Å². The average molecular weight is 392 g/mol. The van der Waals surface area contributed by atoms with E-state index in [1.54, 1.807) is 24.3 Å². The number of amides is 1. The van der Waals surface area contributed by atoms with Crippen LogP contribution < -0.4 is 21.3 Å². The fraction of sp³-hybridized carbons (Fsp3) is 0.294. The van der Waals surface area contributed by atoms with Crippen LogP contribution in [-0.2, 0) is 25.4 Å². The Morgan fingerprint density at radius 1 is 1.22 bits per heavy atom. The predicted molar refractivity (Wildman–Crippen MR) is 101 cm³/mol. The topological polar surface area (TPSA) is 100 Å². The lowest BCUT2D eigenvalue weighted by Crippen LogP contribution is -2.37. The minimum atomic E-state index is -0.574. The van der Waals surface area contributed by atoms with Gasteiger partial charge in [0, 0.05) is 14.1 Å². The number of halogens is 1. The second kappa shape index (κ2) is 7.28. The van der Waals surface area contributed by atoms with Gasteiger partial charge in [-0.05, 0) is 30.7 Å². The van der Waals surface area contributed by atoms with E-state index < -0.39 is 17.2 Å². The second-order valence-electron chi connectivity index (χ2n) is 5.82. The number of ether oxygens (including phenoxy) is 1. The fourth-order valence-electron chi connectivity index (χ4n) is 2.75. The van der Waals surface area contributed by atoms with E-state index in [4.69, 9.17) is 16.3 Å². The minimum Gasteiger partial charge on any atom is -0.492 e. The zero-order chi connectivity index (χ0) is 19.7. The molecule has 0 bridgehead atoms. The van der Waals surface area contributed by atoms with Gasteiger partial charge >= 0.3 is 5.69 Å². The molecule has 27 heavy (non-hydrogen) atoms. The molecule has 2 aromatic heterocycles. The van der Waals surface area contributed by atoms with Gasteiger partial charge in [0.15, 0.2) is 11.2 Å². The molecule has 9 nitrogen and oxygen atoms in total. The van der Waals surface area contributed by atoms with Gasteiger partial charge in [0.2, 0.25) is 11.2 Å². The largest absolute Gasteiger partial charge is 0.492 e. The number of aromatic nitrogens is 4. The SMILES string of the molecule is CCOc1ccccc1NC(=O)Cn1c(Cl)nc2c1c(=O)n(C)c(=O)n2C. The first-order valence-corrected chi connectivity index (χ1v) is 8.56. The molecule has 1 N–H and O–H groups in total. The van der Waals surface area contributed by atoms with Crippen LogP contribution in [0.1, 0.15) is 6.92 Å². The Balaban J connectivity index is 1.98. The Morgan fingerprint density at radius 3 is 2.63 bits per heavy atom. The number of rotatable bonds is 5. The van der Waals surface area contributed by atoms with Crippen molar-refractivity contribution in [1.29, 1.82) is 0 Å². The molecule has 0 aliphatic rings. The Bertz CT molecular complexity index is 1140. The van der Waals surface area contributed by atoms with Crippen LogP contribution in [-0.4, -0.2) is 31.2 Å². The number of para-hydroxylation sites is 2. The van der Waals surface area contributed by atoms with Crippen molar-refractivity contribution in [3.8, 4) is 5.75 Å². The second-order valence-corrected chi connectivity index (χ2v) is 6.16. The first-order valence-electron chi connectivity index (χ1n) is 8.18. The average Bonchev–Trinajstić information content (AvgIpc) is 2.96. The zero-order valence-electron chi connectivity index (χ0n) is 15.0. The number of benzene rings is 1. The summed E-state index contributed by atoms with van der Waals surface area (Å²) in [6.45, 7) is 2.05. The van der Waals surface area contributed by atoms with E-state index in [0.29, 0.717) is 18.0 Å².